The molecule has 0 radical (unpaired) electrons. The summed E-state index contributed by atoms with van der Waals surface area (Å²) in [5.41, 5.74) is 0.372. The van der Waals surface area contributed by atoms with E-state index in [4.69, 9.17) is 4.74 Å². The summed E-state index contributed by atoms with van der Waals surface area (Å²) in [7, 11) is 1.64. The van der Waals surface area contributed by atoms with Crippen LogP contribution in [0.4, 0.5) is 5.13 Å². The number of aromatic amines is 1. The minimum atomic E-state index is -0.160. The van der Waals surface area contributed by atoms with Gasteiger partial charge in [-0.25, -0.2) is 0 Å². The van der Waals surface area contributed by atoms with Crippen LogP contribution in [0.1, 0.15) is 0 Å². The second kappa shape index (κ2) is 5.55. The van der Waals surface area contributed by atoms with Crippen LogP contribution in [0, 0.1) is 0 Å². The molecule has 0 saturated heterocycles. The minimum Gasteiger partial charge on any atom is -0.383 e. The van der Waals surface area contributed by atoms with Crippen LogP contribution in [-0.4, -0.2) is 35.4 Å². The number of nitrogens with zero attached hydrogens (tertiary/aromatic N) is 2. The molecule has 0 bridgehead atoms. The predicted molar refractivity (Wildman–Crippen MR) is 66.3 cm³/mol. The number of anilines is 1. The second-order valence-electron chi connectivity index (χ2n) is 3.24. The molecule has 2 rings (SSSR count). The van der Waals surface area contributed by atoms with E-state index >= 15 is 0 Å². The minimum absolute atomic E-state index is 0.160. The Balaban J connectivity index is 2.13. The molecule has 6 nitrogen and oxygen atoms in total. The van der Waals surface area contributed by atoms with E-state index in [9.17, 15) is 4.79 Å². The molecule has 2 heterocycles. The van der Waals surface area contributed by atoms with E-state index < -0.39 is 0 Å². The Morgan fingerprint density at radius 3 is 3.18 bits per heavy atom. The first-order valence-electron chi connectivity index (χ1n) is 5.05. The third kappa shape index (κ3) is 2.89. The van der Waals surface area contributed by atoms with Crippen LogP contribution in [0.5, 0.6) is 0 Å². The van der Waals surface area contributed by atoms with E-state index in [-0.39, 0.29) is 5.56 Å². The van der Waals surface area contributed by atoms with E-state index in [0.717, 1.165) is 0 Å². The molecule has 0 aromatic carbocycles. The van der Waals surface area contributed by atoms with Crippen molar-refractivity contribution in [2.75, 3.05) is 25.6 Å². The van der Waals surface area contributed by atoms with Crippen LogP contribution in [0.25, 0.3) is 10.6 Å². The lowest BCUT2D eigenvalue weighted by Gasteiger charge is -1.98. The second-order valence-corrected chi connectivity index (χ2v) is 4.22. The van der Waals surface area contributed by atoms with Gasteiger partial charge in [-0.2, -0.15) is 0 Å². The summed E-state index contributed by atoms with van der Waals surface area (Å²) >= 11 is 1.34. The number of rotatable bonds is 5. The van der Waals surface area contributed by atoms with E-state index in [0.29, 0.717) is 28.9 Å². The zero-order valence-corrected chi connectivity index (χ0v) is 10.1. The van der Waals surface area contributed by atoms with Gasteiger partial charge in [0.05, 0.1) is 12.2 Å². The summed E-state index contributed by atoms with van der Waals surface area (Å²) in [5.74, 6) is 0. The van der Waals surface area contributed by atoms with Crippen molar-refractivity contribution >= 4 is 16.5 Å². The third-order valence-corrected chi connectivity index (χ3v) is 2.97. The molecule has 0 atom stereocenters. The van der Waals surface area contributed by atoms with Gasteiger partial charge in [-0.05, 0) is 12.1 Å². The van der Waals surface area contributed by atoms with Gasteiger partial charge in [-0.3, -0.25) is 4.79 Å². The van der Waals surface area contributed by atoms with Crippen LogP contribution in [-0.2, 0) is 4.74 Å². The molecule has 2 aromatic heterocycles. The lowest BCUT2D eigenvalue weighted by Crippen LogP contribution is -2.06. The van der Waals surface area contributed by atoms with Crippen LogP contribution in [0.3, 0.4) is 0 Å². The largest absolute Gasteiger partial charge is 0.383 e. The van der Waals surface area contributed by atoms with Gasteiger partial charge in [0.15, 0.2) is 5.01 Å². The summed E-state index contributed by atoms with van der Waals surface area (Å²) in [6.07, 6.45) is 1.59. The van der Waals surface area contributed by atoms with Crippen LogP contribution in [0.15, 0.2) is 23.1 Å². The zero-order valence-electron chi connectivity index (χ0n) is 9.27. The molecule has 0 fully saturated rings. The average Bonchev–Trinajstić information content (AvgIpc) is 2.79. The first-order chi connectivity index (χ1) is 8.31. The molecule has 17 heavy (non-hydrogen) atoms. The molecule has 2 aromatic rings. The number of H-pyrrole nitrogens is 1. The van der Waals surface area contributed by atoms with E-state index in [2.05, 4.69) is 20.5 Å². The van der Waals surface area contributed by atoms with Gasteiger partial charge >= 0.3 is 0 Å². The maximum Gasteiger partial charge on any atom is 0.258 e. The van der Waals surface area contributed by atoms with Crippen molar-refractivity contribution in [1.29, 1.82) is 0 Å². The highest BCUT2D eigenvalue weighted by Gasteiger charge is 2.08. The van der Waals surface area contributed by atoms with Crippen molar-refractivity contribution in [3.8, 4) is 10.6 Å². The highest BCUT2D eigenvalue weighted by atomic mass is 32.1. The average molecular weight is 252 g/mol. The predicted octanol–water partition coefficient (Wildman–Crippen LogP) is 0.952. The monoisotopic (exact) mass is 252 g/mol. The van der Waals surface area contributed by atoms with Crippen molar-refractivity contribution in [2.45, 2.75) is 0 Å². The first-order valence-corrected chi connectivity index (χ1v) is 5.87. The summed E-state index contributed by atoms with van der Waals surface area (Å²) in [6, 6.07) is 3.48. The molecule has 0 aliphatic carbocycles. The fourth-order valence-corrected chi connectivity index (χ4v) is 2.04. The van der Waals surface area contributed by atoms with Crippen molar-refractivity contribution in [3.63, 3.8) is 0 Å². The smallest absolute Gasteiger partial charge is 0.258 e. The van der Waals surface area contributed by atoms with E-state index in [1.165, 1.54) is 11.3 Å². The molecule has 90 valence electrons. The summed E-state index contributed by atoms with van der Waals surface area (Å²) in [4.78, 5) is 14.1. The molecule has 2 N–H and O–H groups in total. The SMILES string of the molecule is COCCNc1nnc(-c2ccc[nH]c2=O)s1. The van der Waals surface area contributed by atoms with Crippen molar-refractivity contribution < 1.29 is 4.74 Å². The molecule has 0 unspecified atom stereocenters. The standard InChI is InChI=1S/C10H12N4O2S/c1-16-6-5-12-10-14-13-9(17-10)7-3-2-4-11-8(7)15/h2-4H,5-6H2,1H3,(H,11,15)(H,12,14). The molecule has 0 amide bonds. The van der Waals surface area contributed by atoms with Crippen molar-refractivity contribution in [1.82, 2.24) is 15.2 Å². The summed E-state index contributed by atoms with van der Waals surface area (Å²) in [5, 5.41) is 12.3. The summed E-state index contributed by atoms with van der Waals surface area (Å²) < 4.78 is 4.91. The Labute approximate surface area is 102 Å². The molecule has 0 spiro atoms. The number of pyridine rings is 1. The molecule has 0 aliphatic heterocycles. The van der Waals surface area contributed by atoms with Gasteiger partial charge in [0.25, 0.3) is 5.56 Å². The Bertz CT molecular complexity index is 537. The number of methoxy groups -OCH3 is 1. The highest BCUT2D eigenvalue weighted by Crippen LogP contribution is 2.23. The van der Waals surface area contributed by atoms with Crippen molar-refractivity contribution in [2.24, 2.45) is 0 Å². The van der Waals surface area contributed by atoms with E-state index in [1.54, 1.807) is 25.4 Å². The fraction of sp³-hybridized carbons (Fsp3) is 0.300. The number of hydrogen-bond acceptors (Lipinski definition) is 6. The Morgan fingerprint density at radius 2 is 2.41 bits per heavy atom. The van der Waals surface area contributed by atoms with Gasteiger partial charge in [0.1, 0.15) is 0 Å². The quantitative estimate of drug-likeness (QED) is 0.774. The van der Waals surface area contributed by atoms with Crippen LogP contribution < -0.4 is 10.9 Å². The van der Waals surface area contributed by atoms with Gasteiger partial charge in [-0.1, -0.05) is 11.3 Å². The van der Waals surface area contributed by atoms with Gasteiger partial charge in [0, 0.05) is 19.9 Å². The fourth-order valence-electron chi connectivity index (χ4n) is 1.25. The maximum absolute atomic E-state index is 11.5. The number of ether oxygens (including phenoxy) is 1. The first kappa shape index (κ1) is 11.7. The maximum atomic E-state index is 11.5. The Kier molecular flexibility index (Phi) is 3.84. The lowest BCUT2D eigenvalue weighted by molar-refractivity contribution is 0.211. The van der Waals surface area contributed by atoms with Gasteiger partial charge in [0.2, 0.25) is 5.13 Å². The highest BCUT2D eigenvalue weighted by molar-refractivity contribution is 7.18. The van der Waals surface area contributed by atoms with Gasteiger partial charge < -0.3 is 15.0 Å². The zero-order chi connectivity index (χ0) is 12.1. The summed E-state index contributed by atoms with van der Waals surface area (Å²) in [6.45, 7) is 1.26. The molecular formula is C10H12N4O2S. The molecular weight excluding hydrogens is 240 g/mol. The van der Waals surface area contributed by atoms with Gasteiger partial charge in [-0.15, -0.1) is 10.2 Å². The Morgan fingerprint density at radius 1 is 1.53 bits per heavy atom. The molecule has 0 saturated carbocycles. The van der Waals surface area contributed by atoms with Crippen LogP contribution in [0.2, 0.25) is 0 Å². The van der Waals surface area contributed by atoms with Crippen LogP contribution >= 0.6 is 11.3 Å². The molecule has 0 aliphatic rings. The molecule has 7 heteroatoms. The van der Waals surface area contributed by atoms with E-state index in [1.807, 2.05) is 0 Å². The third-order valence-electron chi connectivity index (χ3n) is 2.06. The van der Waals surface area contributed by atoms with Crippen molar-refractivity contribution in [3.05, 3.63) is 28.7 Å². The normalized spacial score (nSPS) is 10.4. The number of nitrogens with one attached hydrogen (secondary N) is 2. The Hall–Kier alpha value is -1.73. The number of hydrogen-bond donors (Lipinski definition) is 2. The lowest BCUT2D eigenvalue weighted by atomic mass is 10.3. The topological polar surface area (TPSA) is 79.9 Å². The number of aromatic nitrogens is 3.